The number of nitrogens with two attached hydrogens (primary N) is 1. The van der Waals surface area contributed by atoms with Gasteiger partial charge in [-0.3, -0.25) is 20.3 Å². The number of rotatable bonds is 3. The Hall–Kier alpha value is -2.49. The minimum Gasteiger partial charge on any atom is -0.344 e. The number of carbonyl (C=O) groups excluding carboxylic acids is 1. The number of amides is 1. The molecule has 2 rings (SSSR count). The molecule has 0 bridgehead atoms. The molecule has 2 heterocycles. The van der Waals surface area contributed by atoms with Gasteiger partial charge in [0.2, 0.25) is 17.7 Å². The zero-order valence-corrected chi connectivity index (χ0v) is 10.9. The number of hydrogen-bond acceptors (Lipinski definition) is 8. The van der Waals surface area contributed by atoms with Gasteiger partial charge in [-0.1, -0.05) is 0 Å². The quantitative estimate of drug-likeness (QED) is 0.424. The summed E-state index contributed by atoms with van der Waals surface area (Å²) in [5, 5.41) is 11.0. The highest BCUT2D eigenvalue weighted by molar-refractivity contribution is 5.82. The molecule has 0 atom stereocenters. The van der Waals surface area contributed by atoms with E-state index in [1.165, 1.54) is 0 Å². The number of anilines is 2. The van der Waals surface area contributed by atoms with E-state index in [-0.39, 0.29) is 29.9 Å². The second-order valence-electron chi connectivity index (χ2n) is 4.39. The van der Waals surface area contributed by atoms with E-state index in [9.17, 15) is 14.9 Å². The van der Waals surface area contributed by atoms with Gasteiger partial charge in [-0.15, -0.1) is 0 Å². The molecule has 0 radical (unpaired) electrons. The van der Waals surface area contributed by atoms with E-state index in [1.54, 1.807) is 16.8 Å². The molecule has 1 saturated heterocycles. The average Bonchev–Trinajstić information content (AvgIpc) is 2.60. The van der Waals surface area contributed by atoms with Crippen LogP contribution in [-0.2, 0) is 4.79 Å². The van der Waals surface area contributed by atoms with Gasteiger partial charge in [0.1, 0.15) is 6.20 Å². The van der Waals surface area contributed by atoms with E-state index in [2.05, 4.69) is 15.4 Å². The van der Waals surface area contributed by atoms with Crippen LogP contribution in [0.15, 0.2) is 6.20 Å². The molecule has 1 aromatic rings. The van der Waals surface area contributed by atoms with E-state index in [1.807, 2.05) is 0 Å². The van der Waals surface area contributed by atoms with Crippen LogP contribution in [0.1, 0.15) is 6.42 Å². The maximum Gasteiger partial charge on any atom is 0.329 e. The van der Waals surface area contributed by atoms with E-state index in [0.29, 0.717) is 19.5 Å². The fourth-order valence-corrected chi connectivity index (χ4v) is 1.96. The van der Waals surface area contributed by atoms with Gasteiger partial charge in [0.15, 0.2) is 0 Å². The molecule has 3 N–H and O–H groups in total. The SMILES string of the molecule is CN1CCCN(c2nc(NN)ncc2[N+](=O)[O-])CC1=O. The fourth-order valence-electron chi connectivity index (χ4n) is 1.96. The first-order valence-electron chi connectivity index (χ1n) is 6.00. The monoisotopic (exact) mass is 281 g/mol. The molecular weight excluding hydrogens is 266 g/mol. The van der Waals surface area contributed by atoms with Gasteiger partial charge in [-0.25, -0.2) is 10.8 Å². The third-order valence-electron chi connectivity index (χ3n) is 3.05. The molecule has 1 fully saturated rings. The number of hydrazine groups is 1. The molecule has 10 nitrogen and oxygen atoms in total. The predicted octanol–water partition coefficient (Wildman–Crippen LogP) is -0.661. The van der Waals surface area contributed by atoms with Crippen molar-refractivity contribution in [3.8, 4) is 0 Å². The van der Waals surface area contributed by atoms with Crippen LogP contribution in [-0.4, -0.2) is 52.4 Å². The molecular formula is C10H15N7O3. The maximum atomic E-state index is 11.9. The topological polar surface area (TPSA) is 131 Å². The minimum atomic E-state index is -0.575. The predicted molar refractivity (Wildman–Crippen MR) is 71.0 cm³/mol. The summed E-state index contributed by atoms with van der Waals surface area (Å²) in [7, 11) is 1.70. The summed E-state index contributed by atoms with van der Waals surface area (Å²) in [6, 6.07) is 0. The lowest BCUT2D eigenvalue weighted by Crippen LogP contribution is -2.35. The van der Waals surface area contributed by atoms with Crippen LogP contribution in [0.2, 0.25) is 0 Å². The van der Waals surface area contributed by atoms with Gasteiger partial charge < -0.3 is 9.80 Å². The van der Waals surface area contributed by atoms with Crippen molar-refractivity contribution in [2.24, 2.45) is 5.84 Å². The van der Waals surface area contributed by atoms with Crippen LogP contribution in [0.3, 0.4) is 0 Å². The highest BCUT2D eigenvalue weighted by Crippen LogP contribution is 2.26. The number of carbonyl (C=O) groups is 1. The van der Waals surface area contributed by atoms with E-state index >= 15 is 0 Å². The Morgan fingerprint density at radius 3 is 2.90 bits per heavy atom. The highest BCUT2D eigenvalue weighted by atomic mass is 16.6. The summed E-state index contributed by atoms with van der Waals surface area (Å²) in [6.45, 7) is 1.15. The fraction of sp³-hybridized carbons (Fsp3) is 0.500. The first-order valence-corrected chi connectivity index (χ1v) is 6.00. The molecule has 108 valence electrons. The normalized spacial score (nSPS) is 16.0. The van der Waals surface area contributed by atoms with Crippen molar-refractivity contribution in [3.05, 3.63) is 16.3 Å². The number of nitrogen functional groups attached to an aromatic ring is 1. The number of nitrogens with one attached hydrogen (secondary N) is 1. The van der Waals surface area contributed by atoms with Gasteiger partial charge in [-0.05, 0) is 6.42 Å². The van der Waals surface area contributed by atoms with Crippen LogP contribution < -0.4 is 16.2 Å². The molecule has 1 aromatic heterocycles. The third kappa shape index (κ3) is 2.74. The molecule has 0 spiro atoms. The number of aromatic nitrogens is 2. The first-order chi connectivity index (χ1) is 9.52. The van der Waals surface area contributed by atoms with Crippen LogP contribution in [0.5, 0.6) is 0 Å². The zero-order valence-electron chi connectivity index (χ0n) is 10.9. The Bertz CT molecular complexity index is 536. The Kier molecular flexibility index (Phi) is 3.94. The Labute approximate surface area is 114 Å². The van der Waals surface area contributed by atoms with Gasteiger partial charge in [-0.2, -0.15) is 4.98 Å². The lowest BCUT2D eigenvalue weighted by atomic mass is 10.3. The van der Waals surface area contributed by atoms with Crippen molar-refractivity contribution >= 4 is 23.4 Å². The van der Waals surface area contributed by atoms with Crippen molar-refractivity contribution in [2.75, 3.05) is 37.0 Å². The largest absolute Gasteiger partial charge is 0.344 e. The molecule has 0 aromatic carbocycles. The number of likely N-dealkylation sites (N-methyl/N-ethyl adjacent to an activating group) is 1. The second kappa shape index (κ2) is 5.65. The van der Waals surface area contributed by atoms with Crippen LogP contribution in [0.25, 0.3) is 0 Å². The smallest absolute Gasteiger partial charge is 0.329 e. The molecule has 1 aliphatic heterocycles. The summed E-state index contributed by atoms with van der Waals surface area (Å²) in [5.74, 6) is 5.27. The molecule has 1 aliphatic rings. The number of hydrogen-bond donors (Lipinski definition) is 2. The summed E-state index contributed by atoms with van der Waals surface area (Å²) < 4.78 is 0. The van der Waals surface area contributed by atoms with Crippen LogP contribution in [0, 0.1) is 10.1 Å². The molecule has 0 saturated carbocycles. The zero-order chi connectivity index (χ0) is 14.7. The minimum absolute atomic E-state index is 0.0400. The van der Waals surface area contributed by atoms with E-state index < -0.39 is 4.92 Å². The van der Waals surface area contributed by atoms with Gasteiger partial charge in [0.25, 0.3) is 0 Å². The van der Waals surface area contributed by atoms with Crippen molar-refractivity contribution < 1.29 is 9.72 Å². The van der Waals surface area contributed by atoms with Gasteiger partial charge >= 0.3 is 5.69 Å². The summed E-state index contributed by atoms with van der Waals surface area (Å²) in [4.78, 5) is 33.2. The maximum absolute atomic E-state index is 11.9. The summed E-state index contributed by atoms with van der Waals surface area (Å²) in [5.41, 5.74) is 1.99. The summed E-state index contributed by atoms with van der Waals surface area (Å²) in [6.07, 6.45) is 1.78. The Balaban J connectivity index is 2.38. The lowest BCUT2D eigenvalue weighted by Gasteiger charge is -2.20. The second-order valence-corrected chi connectivity index (χ2v) is 4.39. The molecule has 0 aliphatic carbocycles. The molecule has 20 heavy (non-hydrogen) atoms. The summed E-state index contributed by atoms with van der Waals surface area (Å²) >= 11 is 0. The van der Waals surface area contributed by atoms with Crippen LogP contribution in [0.4, 0.5) is 17.5 Å². The Morgan fingerprint density at radius 1 is 1.50 bits per heavy atom. The highest BCUT2D eigenvalue weighted by Gasteiger charge is 2.27. The Morgan fingerprint density at radius 2 is 2.25 bits per heavy atom. The first kappa shape index (κ1) is 13.9. The van der Waals surface area contributed by atoms with Gasteiger partial charge in [0.05, 0.1) is 11.5 Å². The number of nitrogens with zero attached hydrogens (tertiary/aromatic N) is 5. The van der Waals surface area contributed by atoms with Crippen molar-refractivity contribution in [2.45, 2.75) is 6.42 Å². The number of nitro groups is 1. The van der Waals surface area contributed by atoms with Gasteiger partial charge in [0, 0.05) is 20.1 Å². The average molecular weight is 281 g/mol. The standard InChI is InChI=1S/C10H15N7O3/c1-15-3-2-4-16(6-8(15)18)9-7(17(19)20)5-12-10(13-9)14-11/h5H,2-4,6,11H2,1H3,(H,12,13,14). The lowest BCUT2D eigenvalue weighted by molar-refractivity contribution is -0.384. The van der Waals surface area contributed by atoms with Crippen molar-refractivity contribution in [3.63, 3.8) is 0 Å². The van der Waals surface area contributed by atoms with Crippen LogP contribution >= 0.6 is 0 Å². The molecule has 10 heteroatoms. The van der Waals surface area contributed by atoms with E-state index in [4.69, 9.17) is 5.84 Å². The molecule has 0 unspecified atom stereocenters. The van der Waals surface area contributed by atoms with E-state index in [0.717, 1.165) is 6.20 Å². The van der Waals surface area contributed by atoms with Crippen molar-refractivity contribution in [1.82, 2.24) is 14.9 Å². The van der Waals surface area contributed by atoms with Crippen molar-refractivity contribution in [1.29, 1.82) is 0 Å². The third-order valence-corrected chi connectivity index (χ3v) is 3.05. The molecule has 1 amide bonds.